The van der Waals surface area contributed by atoms with E-state index >= 15 is 0 Å². The molecule has 0 aromatic heterocycles. The Morgan fingerprint density at radius 2 is 1.39 bits per heavy atom. The summed E-state index contributed by atoms with van der Waals surface area (Å²) in [7, 11) is 2.10. The molecule has 2 heterocycles. The van der Waals surface area contributed by atoms with Crippen LogP contribution in [0, 0.1) is 0 Å². The van der Waals surface area contributed by atoms with Crippen molar-refractivity contribution in [3.63, 3.8) is 0 Å². The monoisotopic (exact) mass is 397 g/mol. The number of likely N-dealkylation sites (N-methyl/N-ethyl adjacent to an activating group) is 1. The smallest absolute Gasteiger partial charge is 0.301 e. The van der Waals surface area contributed by atoms with E-state index in [1.807, 2.05) is 12.1 Å². The molecule has 28 heavy (non-hydrogen) atoms. The number of hydrogen-bond acceptors (Lipinski definition) is 5. The van der Waals surface area contributed by atoms with Crippen LogP contribution in [0.5, 0.6) is 0 Å². The molecule has 1 N–H and O–H groups in total. The topological polar surface area (TPSA) is 64.1 Å². The average molecular weight is 398 g/mol. The maximum Gasteiger partial charge on any atom is 0.301 e. The molecular weight excluding hydrogens is 378 g/mol. The second kappa shape index (κ2) is 7.30. The summed E-state index contributed by atoms with van der Waals surface area (Å²) in [6.07, 6.45) is 0. The molecule has 4 rings (SSSR count). The van der Waals surface area contributed by atoms with Crippen molar-refractivity contribution in [2.45, 2.75) is 0 Å². The van der Waals surface area contributed by atoms with Gasteiger partial charge in [0, 0.05) is 36.9 Å². The van der Waals surface area contributed by atoms with Gasteiger partial charge in [-0.2, -0.15) is 0 Å². The highest BCUT2D eigenvalue weighted by Crippen LogP contribution is 2.33. The maximum absolute atomic E-state index is 12.9. The first-order valence-electron chi connectivity index (χ1n) is 9.07. The zero-order valence-corrected chi connectivity index (χ0v) is 16.2. The van der Waals surface area contributed by atoms with E-state index in [1.165, 1.54) is 0 Å². The van der Waals surface area contributed by atoms with E-state index in [2.05, 4.69) is 16.8 Å². The summed E-state index contributed by atoms with van der Waals surface area (Å²) in [6.45, 7) is 3.85. The minimum Gasteiger partial charge on any atom is -0.502 e. The number of imide groups is 1. The summed E-state index contributed by atoms with van der Waals surface area (Å²) < 4.78 is 0. The Hall–Kier alpha value is -2.83. The largest absolute Gasteiger partial charge is 0.502 e. The number of halogens is 1. The van der Waals surface area contributed by atoms with Gasteiger partial charge in [-0.05, 0) is 49.0 Å². The SMILES string of the molecule is CN1CCN(c2ccc(N3C(=O)C(O)=C(c4ccc(Cl)cc4)C3=O)cc2)CC1. The van der Waals surface area contributed by atoms with Gasteiger partial charge in [-0.15, -0.1) is 0 Å². The number of aliphatic hydroxyl groups excluding tert-OH is 1. The van der Waals surface area contributed by atoms with Crippen molar-refractivity contribution < 1.29 is 14.7 Å². The van der Waals surface area contributed by atoms with Crippen molar-refractivity contribution in [3.8, 4) is 0 Å². The Kier molecular flexibility index (Phi) is 4.83. The van der Waals surface area contributed by atoms with Crippen molar-refractivity contribution in [2.75, 3.05) is 43.0 Å². The van der Waals surface area contributed by atoms with E-state index in [0.29, 0.717) is 16.3 Å². The summed E-state index contributed by atoms with van der Waals surface area (Å²) in [4.78, 5) is 31.0. The van der Waals surface area contributed by atoms with Gasteiger partial charge >= 0.3 is 5.91 Å². The highest BCUT2D eigenvalue weighted by molar-refractivity contribution is 6.45. The van der Waals surface area contributed by atoms with Gasteiger partial charge in [-0.1, -0.05) is 23.7 Å². The molecule has 144 valence electrons. The van der Waals surface area contributed by atoms with Crippen LogP contribution in [0.25, 0.3) is 5.57 Å². The lowest BCUT2D eigenvalue weighted by Gasteiger charge is -2.34. The first-order valence-corrected chi connectivity index (χ1v) is 9.45. The molecule has 0 bridgehead atoms. The molecule has 0 atom stereocenters. The van der Waals surface area contributed by atoms with Gasteiger partial charge in [0.25, 0.3) is 5.91 Å². The molecule has 2 amide bonds. The summed E-state index contributed by atoms with van der Waals surface area (Å²) in [6, 6.07) is 13.7. The fourth-order valence-corrected chi connectivity index (χ4v) is 3.63. The second-order valence-corrected chi connectivity index (χ2v) is 7.42. The van der Waals surface area contributed by atoms with Gasteiger partial charge in [-0.3, -0.25) is 9.59 Å². The molecule has 0 radical (unpaired) electrons. The minimum absolute atomic E-state index is 0.00943. The number of anilines is 2. The van der Waals surface area contributed by atoms with Crippen LogP contribution in [0.3, 0.4) is 0 Å². The Labute approximate surface area is 168 Å². The highest BCUT2D eigenvalue weighted by Gasteiger charge is 2.40. The Morgan fingerprint density at radius 1 is 0.821 bits per heavy atom. The van der Waals surface area contributed by atoms with Crippen LogP contribution in [0.4, 0.5) is 11.4 Å². The lowest BCUT2D eigenvalue weighted by atomic mass is 10.1. The molecule has 7 heteroatoms. The number of amides is 2. The van der Waals surface area contributed by atoms with Crippen molar-refractivity contribution in [3.05, 3.63) is 64.9 Å². The zero-order chi connectivity index (χ0) is 19.8. The first-order chi connectivity index (χ1) is 13.5. The van der Waals surface area contributed by atoms with Crippen LogP contribution in [0.15, 0.2) is 54.3 Å². The van der Waals surface area contributed by atoms with Gasteiger partial charge in [-0.25, -0.2) is 4.90 Å². The van der Waals surface area contributed by atoms with Crippen LogP contribution in [0.2, 0.25) is 5.02 Å². The third kappa shape index (κ3) is 3.25. The Morgan fingerprint density at radius 3 is 2.00 bits per heavy atom. The summed E-state index contributed by atoms with van der Waals surface area (Å²) in [5, 5.41) is 10.8. The first kappa shape index (κ1) is 18.5. The number of carbonyl (C=O) groups is 2. The third-order valence-corrected chi connectivity index (χ3v) is 5.42. The average Bonchev–Trinajstić information content (AvgIpc) is 2.92. The standard InChI is InChI=1S/C21H20ClN3O3/c1-23-10-12-24(13-11-23)16-6-8-17(9-7-16)25-20(27)18(19(26)21(25)28)14-2-4-15(22)5-3-14/h2-9,26H,10-13H2,1H3. The molecule has 2 aliphatic rings. The Balaban J connectivity index is 1.57. The van der Waals surface area contributed by atoms with E-state index in [-0.39, 0.29) is 5.57 Å². The van der Waals surface area contributed by atoms with E-state index in [1.54, 1.807) is 36.4 Å². The van der Waals surface area contributed by atoms with Gasteiger partial charge in [0.1, 0.15) is 0 Å². The number of carbonyl (C=O) groups excluding carboxylic acids is 2. The predicted molar refractivity (Wildman–Crippen MR) is 110 cm³/mol. The van der Waals surface area contributed by atoms with Gasteiger partial charge in [0.2, 0.25) is 0 Å². The number of hydrogen-bond donors (Lipinski definition) is 1. The van der Waals surface area contributed by atoms with Crippen LogP contribution in [-0.2, 0) is 9.59 Å². The van der Waals surface area contributed by atoms with Crippen LogP contribution < -0.4 is 9.80 Å². The van der Waals surface area contributed by atoms with Crippen molar-refractivity contribution >= 4 is 40.4 Å². The predicted octanol–water partition coefficient (Wildman–Crippen LogP) is 2.93. The molecule has 1 saturated heterocycles. The van der Waals surface area contributed by atoms with Gasteiger partial charge < -0.3 is 14.9 Å². The van der Waals surface area contributed by atoms with E-state index < -0.39 is 17.6 Å². The minimum atomic E-state index is -0.720. The fourth-order valence-electron chi connectivity index (χ4n) is 3.51. The zero-order valence-electron chi connectivity index (χ0n) is 15.4. The number of benzene rings is 2. The quantitative estimate of drug-likeness (QED) is 0.807. The lowest BCUT2D eigenvalue weighted by molar-refractivity contribution is -0.121. The molecule has 1 fully saturated rings. The third-order valence-electron chi connectivity index (χ3n) is 5.17. The van der Waals surface area contributed by atoms with E-state index in [9.17, 15) is 14.7 Å². The summed E-state index contributed by atoms with van der Waals surface area (Å²) >= 11 is 5.88. The fraction of sp³-hybridized carbons (Fsp3) is 0.238. The number of piperazine rings is 1. The lowest BCUT2D eigenvalue weighted by Crippen LogP contribution is -2.44. The van der Waals surface area contributed by atoms with Crippen molar-refractivity contribution in [2.24, 2.45) is 0 Å². The van der Waals surface area contributed by atoms with E-state index in [4.69, 9.17) is 11.6 Å². The Bertz CT molecular complexity index is 946. The van der Waals surface area contributed by atoms with Gasteiger partial charge in [0.15, 0.2) is 5.76 Å². The second-order valence-electron chi connectivity index (χ2n) is 6.98. The van der Waals surface area contributed by atoms with Gasteiger partial charge in [0.05, 0.1) is 11.3 Å². The molecule has 6 nitrogen and oxygen atoms in total. The van der Waals surface area contributed by atoms with Crippen LogP contribution in [-0.4, -0.2) is 55.0 Å². The summed E-state index contributed by atoms with van der Waals surface area (Å²) in [5.74, 6) is -1.81. The number of aliphatic hydroxyl groups is 1. The molecule has 2 aromatic rings. The molecule has 0 unspecified atom stereocenters. The molecular formula is C21H20ClN3O3. The van der Waals surface area contributed by atoms with E-state index in [0.717, 1.165) is 36.8 Å². The molecule has 2 aromatic carbocycles. The van der Waals surface area contributed by atoms with Crippen LogP contribution >= 0.6 is 11.6 Å². The normalized spacial score (nSPS) is 18.4. The number of nitrogens with zero attached hydrogens (tertiary/aromatic N) is 3. The molecule has 2 aliphatic heterocycles. The summed E-state index contributed by atoms with van der Waals surface area (Å²) in [5.41, 5.74) is 1.93. The number of rotatable bonds is 3. The molecule has 0 saturated carbocycles. The van der Waals surface area contributed by atoms with Crippen molar-refractivity contribution in [1.82, 2.24) is 4.90 Å². The highest BCUT2D eigenvalue weighted by atomic mass is 35.5. The van der Waals surface area contributed by atoms with Crippen LogP contribution in [0.1, 0.15) is 5.56 Å². The maximum atomic E-state index is 12.9. The molecule has 0 aliphatic carbocycles. The molecule has 0 spiro atoms. The van der Waals surface area contributed by atoms with Crippen molar-refractivity contribution in [1.29, 1.82) is 0 Å².